The Kier molecular flexibility index (Phi) is 7.53. The standard InChI is InChI=1S/C21H25NO6S/c1-14-5-10-19(15(2)13-14)29(25,26)22-12-11-20(23)28-16(3)21(24)17-6-8-18(27-4)9-7-17/h5-10,13,16,22H,11-12H2,1-4H3/t16-/m1/s1. The molecule has 0 aliphatic carbocycles. The zero-order valence-corrected chi connectivity index (χ0v) is 17.7. The molecule has 0 amide bonds. The third kappa shape index (κ3) is 6.13. The molecule has 2 aromatic carbocycles. The molecule has 7 nitrogen and oxygen atoms in total. The van der Waals surface area contributed by atoms with Gasteiger partial charge in [-0.15, -0.1) is 0 Å². The molecule has 0 heterocycles. The van der Waals surface area contributed by atoms with Crippen molar-refractivity contribution in [2.45, 2.75) is 38.2 Å². The molecule has 0 aliphatic rings. The number of carbonyl (C=O) groups excluding carboxylic acids is 2. The average molecular weight is 419 g/mol. The van der Waals surface area contributed by atoms with Crippen LogP contribution in [-0.2, 0) is 19.6 Å². The number of hydrogen-bond donors (Lipinski definition) is 1. The number of hydrogen-bond acceptors (Lipinski definition) is 6. The predicted octanol–water partition coefficient (Wildman–Crippen LogP) is 2.80. The SMILES string of the molecule is COc1ccc(C(=O)[C@@H](C)OC(=O)CCNS(=O)(=O)c2ccc(C)cc2C)cc1. The lowest BCUT2D eigenvalue weighted by molar-refractivity contribution is -0.146. The minimum absolute atomic E-state index is 0.127. The summed E-state index contributed by atoms with van der Waals surface area (Å²) in [5.74, 6) is -0.401. The number of esters is 1. The smallest absolute Gasteiger partial charge is 0.307 e. The van der Waals surface area contributed by atoms with Gasteiger partial charge in [0, 0.05) is 12.1 Å². The summed E-state index contributed by atoms with van der Waals surface area (Å²) in [6.07, 6.45) is -1.17. The Morgan fingerprint density at radius 2 is 1.72 bits per heavy atom. The molecule has 2 rings (SSSR count). The quantitative estimate of drug-likeness (QED) is 0.496. The number of benzene rings is 2. The zero-order valence-electron chi connectivity index (χ0n) is 16.9. The number of carbonyl (C=O) groups is 2. The Hall–Kier alpha value is -2.71. The fraction of sp³-hybridized carbons (Fsp3) is 0.333. The highest BCUT2D eigenvalue weighted by atomic mass is 32.2. The van der Waals surface area contributed by atoms with Crippen molar-refractivity contribution in [2.24, 2.45) is 0 Å². The van der Waals surface area contributed by atoms with Crippen molar-refractivity contribution in [1.82, 2.24) is 4.72 Å². The average Bonchev–Trinajstić information content (AvgIpc) is 2.66. The van der Waals surface area contributed by atoms with Crippen LogP contribution in [-0.4, -0.2) is 39.9 Å². The van der Waals surface area contributed by atoms with E-state index >= 15 is 0 Å². The molecule has 0 fully saturated rings. The Balaban J connectivity index is 1.87. The molecule has 0 saturated heterocycles. The second-order valence-corrected chi connectivity index (χ2v) is 8.38. The molecule has 0 aliphatic heterocycles. The fourth-order valence-electron chi connectivity index (χ4n) is 2.77. The third-order valence-corrected chi connectivity index (χ3v) is 5.91. The van der Waals surface area contributed by atoms with Crippen LogP contribution in [0, 0.1) is 13.8 Å². The van der Waals surface area contributed by atoms with E-state index in [9.17, 15) is 18.0 Å². The van der Waals surface area contributed by atoms with Gasteiger partial charge in [0.1, 0.15) is 5.75 Å². The molecule has 0 unspecified atom stereocenters. The monoisotopic (exact) mass is 419 g/mol. The van der Waals surface area contributed by atoms with Crippen LogP contribution in [0.3, 0.4) is 0 Å². The summed E-state index contributed by atoms with van der Waals surface area (Å²) in [7, 11) is -2.21. The van der Waals surface area contributed by atoms with Gasteiger partial charge < -0.3 is 9.47 Å². The number of Topliss-reactive ketones (excluding diaryl/α,β-unsaturated/α-hetero) is 1. The van der Waals surface area contributed by atoms with Crippen LogP contribution in [0.15, 0.2) is 47.4 Å². The first-order chi connectivity index (χ1) is 13.6. The summed E-state index contributed by atoms with van der Waals surface area (Å²) in [5, 5.41) is 0. The second kappa shape index (κ2) is 9.67. The summed E-state index contributed by atoms with van der Waals surface area (Å²) in [4.78, 5) is 24.5. The van der Waals surface area contributed by atoms with Gasteiger partial charge in [-0.3, -0.25) is 9.59 Å². The lowest BCUT2D eigenvalue weighted by atomic mass is 10.1. The van der Waals surface area contributed by atoms with Crippen LogP contribution < -0.4 is 9.46 Å². The topological polar surface area (TPSA) is 98.8 Å². The molecule has 1 N–H and O–H groups in total. The second-order valence-electron chi connectivity index (χ2n) is 6.64. The summed E-state index contributed by atoms with van der Waals surface area (Å²) in [6, 6.07) is 11.5. The summed E-state index contributed by atoms with van der Waals surface area (Å²) in [6.45, 7) is 4.94. The maximum absolute atomic E-state index is 12.4. The Morgan fingerprint density at radius 1 is 1.07 bits per heavy atom. The van der Waals surface area contributed by atoms with E-state index in [4.69, 9.17) is 9.47 Å². The molecule has 8 heteroatoms. The number of nitrogens with one attached hydrogen (secondary N) is 1. The number of sulfonamides is 1. The molecular weight excluding hydrogens is 394 g/mol. The van der Waals surface area contributed by atoms with E-state index in [0.29, 0.717) is 16.9 Å². The Labute approximate surface area is 171 Å². The van der Waals surface area contributed by atoms with E-state index < -0.39 is 22.1 Å². The van der Waals surface area contributed by atoms with Crippen molar-refractivity contribution in [2.75, 3.05) is 13.7 Å². The first kappa shape index (κ1) is 22.6. The van der Waals surface area contributed by atoms with Crippen molar-refractivity contribution in [3.05, 3.63) is 59.2 Å². The normalized spacial score (nSPS) is 12.3. The summed E-state index contributed by atoms with van der Waals surface area (Å²) in [5.41, 5.74) is 1.97. The molecule has 2 aromatic rings. The zero-order chi connectivity index (χ0) is 21.6. The highest BCUT2D eigenvalue weighted by Gasteiger charge is 2.21. The highest BCUT2D eigenvalue weighted by molar-refractivity contribution is 7.89. The van der Waals surface area contributed by atoms with Gasteiger partial charge in [0.05, 0.1) is 18.4 Å². The van der Waals surface area contributed by atoms with Crippen LogP contribution in [0.25, 0.3) is 0 Å². The van der Waals surface area contributed by atoms with Crippen LogP contribution >= 0.6 is 0 Å². The number of methoxy groups -OCH3 is 1. The van der Waals surface area contributed by atoms with E-state index in [1.807, 2.05) is 6.92 Å². The first-order valence-electron chi connectivity index (χ1n) is 9.08. The van der Waals surface area contributed by atoms with Gasteiger partial charge in [-0.1, -0.05) is 17.7 Å². The maximum atomic E-state index is 12.4. The number of ether oxygens (including phenoxy) is 2. The van der Waals surface area contributed by atoms with Gasteiger partial charge in [0.2, 0.25) is 15.8 Å². The minimum Gasteiger partial charge on any atom is -0.497 e. The molecule has 1 atom stereocenters. The van der Waals surface area contributed by atoms with Gasteiger partial charge in [0.15, 0.2) is 6.10 Å². The lowest BCUT2D eigenvalue weighted by Crippen LogP contribution is -2.29. The van der Waals surface area contributed by atoms with Gasteiger partial charge in [-0.25, -0.2) is 13.1 Å². The molecule has 0 aromatic heterocycles. The van der Waals surface area contributed by atoms with Crippen molar-refractivity contribution in [3.8, 4) is 5.75 Å². The predicted molar refractivity (Wildman–Crippen MR) is 109 cm³/mol. The van der Waals surface area contributed by atoms with Crippen molar-refractivity contribution < 1.29 is 27.5 Å². The van der Waals surface area contributed by atoms with Crippen molar-refractivity contribution in [3.63, 3.8) is 0 Å². The number of ketones is 1. The fourth-order valence-corrected chi connectivity index (χ4v) is 4.02. The lowest BCUT2D eigenvalue weighted by Gasteiger charge is -2.13. The van der Waals surface area contributed by atoms with Gasteiger partial charge in [0.25, 0.3) is 0 Å². The van der Waals surface area contributed by atoms with E-state index in [1.165, 1.54) is 20.1 Å². The Bertz CT molecular complexity index is 983. The van der Waals surface area contributed by atoms with Gasteiger partial charge in [-0.05, 0) is 56.7 Å². The van der Waals surface area contributed by atoms with Crippen LogP contribution in [0.4, 0.5) is 0 Å². The Morgan fingerprint density at radius 3 is 2.31 bits per heavy atom. The highest BCUT2D eigenvalue weighted by Crippen LogP contribution is 2.16. The van der Waals surface area contributed by atoms with E-state index in [-0.39, 0.29) is 23.6 Å². The molecule has 0 bridgehead atoms. The van der Waals surface area contributed by atoms with E-state index in [1.54, 1.807) is 43.3 Å². The van der Waals surface area contributed by atoms with Crippen LogP contribution in [0.2, 0.25) is 0 Å². The molecule has 0 spiro atoms. The first-order valence-corrected chi connectivity index (χ1v) is 10.6. The van der Waals surface area contributed by atoms with Crippen LogP contribution in [0.5, 0.6) is 5.75 Å². The van der Waals surface area contributed by atoms with Gasteiger partial charge >= 0.3 is 5.97 Å². The minimum atomic E-state index is -3.73. The number of rotatable bonds is 9. The maximum Gasteiger partial charge on any atom is 0.307 e. The molecule has 0 radical (unpaired) electrons. The molecule has 156 valence electrons. The molecule has 0 saturated carbocycles. The van der Waals surface area contributed by atoms with E-state index in [0.717, 1.165) is 5.56 Å². The van der Waals surface area contributed by atoms with Crippen LogP contribution in [0.1, 0.15) is 34.8 Å². The largest absolute Gasteiger partial charge is 0.497 e. The molecule has 29 heavy (non-hydrogen) atoms. The number of aryl methyl sites for hydroxylation is 2. The van der Waals surface area contributed by atoms with Crippen molar-refractivity contribution in [1.29, 1.82) is 0 Å². The van der Waals surface area contributed by atoms with Gasteiger partial charge in [-0.2, -0.15) is 0 Å². The third-order valence-electron chi connectivity index (χ3n) is 4.29. The summed E-state index contributed by atoms with van der Waals surface area (Å²) >= 11 is 0. The molecular formula is C21H25NO6S. The summed E-state index contributed by atoms with van der Waals surface area (Å²) < 4.78 is 37.3. The van der Waals surface area contributed by atoms with E-state index in [2.05, 4.69) is 4.72 Å². The van der Waals surface area contributed by atoms with Crippen molar-refractivity contribution >= 4 is 21.8 Å².